The zero-order valence-electron chi connectivity index (χ0n) is 3.83. The third kappa shape index (κ3) is 4.94. The van der Waals surface area contributed by atoms with Crippen LogP contribution < -0.4 is 0 Å². The summed E-state index contributed by atoms with van der Waals surface area (Å²) in [6.07, 6.45) is 1.72. The average molecular weight is 103 g/mol. The Morgan fingerprint density at radius 1 is 1.86 bits per heavy atom. The van der Waals surface area contributed by atoms with Crippen LogP contribution in [0.3, 0.4) is 0 Å². The van der Waals surface area contributed by atoms with Crippen LogP contribution in [0.15, 0.2) is 12.5 Å². The van der Waals surface area contributed by atoms with Gasteiger partial charge >= 0.3 is 0 Å². The molecule has 0 N–H and O–H groups in total. The summed E-state index contributed by atoms with van der Waals surface area (Å²) in [5, 5.41) is 9.40. The third-order valence-electron chi connectivity index (χ3n) is 0.319. The highest BCUT2D eigenvalue weighted by Crippen LogP contribution is 1.71. The van der Waals surface area contributed by atoms with Gasteiger partial charge in [0.1, 0.15) is 0 Å². The van der Waals surface area contributed by atoms with E-state index in [-0.39, 0.29) is 0 Å². The molecule has 7 heavy (non-hydrogen) atoms. The van der Waals surface area contributed by atoms with Gasteiger partial charge in [-0.2, -0.15) is 0 Å². The number of nitrogens with zero attached hydrogens (tertiary/aromatic N) is 1. The molecule has 0 fully saturated rings. The van der Waals surface area contributed by atoms with Gasteiger partial charge in [-0.25, -0.2) is 0 Å². The molecule has 0 aliphatic rings. The number of methoxy groups -OCH3 is 1. The van der Waals surface area contributed by atoms with Crippen LogP contribution in [0.25, 0.3) is 0 Å². The highest BCUT2D eigenvalue weighted by atomic mass is 16.6. The van der Waals surface area contributed by atoms with Crippen molar-refractivity contribution in [2.45, 2.75) is 0 Å². The van der Waals surface area contributed by atoms with Crippen LogP contribution in [0.4, 0.5) is 0 Å². The summed E-state index contributed by atoms with van der Waals surface area (Å²) in [6, 6.07) is 0. The summed E-state index contributed by atoms with van der Waals surface area (Å²) in [5.41, 5.74) is 0. The van der Waals surface area contributed by atoms with Gasteiger partial charge < -0.3 is 4.74 Å². The summed E-state index contributed by atoms with van der Waals surface area (Å²) in [7, 11) is 1.35. The lowest BCUT2D eigenvalue weighted by Crippen LogP contribution is -1.81. The second kappa shape index (κ2) is 3.14. The first-order chi connectivity index (χ1) is 3.27. The Labute approximate surface area is 40.5 Å². The molecular formula is C3H5NO3. The van der Waals surface area contributed by atoms with Crippen molar-refractivity contribution in [2.24, 2.45) is 0 Å². The van der Waals surface area contributed by atoms with E-state index in [0.29, 0.717) is 0 Å². The Hall–Kier alpha value is -1.06. The van der Waals surface area contributed by atoms with Crippen LogP contribution in [-0.2, 0) is 4.74 Å². The molecule has 0 amide bonds. The topological polar surface area (TPSA) is 52.4 Å². The molecule has 0 rings (SSSR count). The second-order valence-corrected chi connectivity index (χ2v) is 0.806. The molecule has 40 valence electrons. The molecule has 4 heteroatoms. The highest BCUT2D eigenvalue weighted by molar-refractivity contribution is 4.56. The van der Waals surface area contributed by atoms with Gasteiger partial charge in [0.25, 0.3) is 6.20 Å². The number of hydrogen-bond acceptors (Lipinski definition) is 3. The van der Waals surface area contributed by atoms with Gasteiger partial charge in [-0.1, -0.05) is 0 Å². The quantitative estimate of drug-likeness (QED) is 0.288. The summed E-state index contributed by atoms with van der Waals surface area (Å²) in [5.74, 6) is 0. The van der Waals surface area contributed by atoms with Crippen LogP contribution in [0.2, 0.25) is 0 Å². The van der Waals surface area contributed by atoms with Crippen molar-refractivity contribution in [3.05, 3.63) is 22.6 Å². The minimum absolute atomic E-state index is 0.594. The minimum atomic E-state index is -0.594. The van der Waals surface area contributed by atoms with E-state index in [9.17, 15) is 10.1 Å². The number of ether oxygens (including phenoxy) is 1. The molecule has 0 aliphatic heterocycles. The fourth-order valence-corrected chi connectivity index (χ4v) is 0.111. The molecule has 0 aliphatic carbocycles. The molecular weight excluding hydrogens is 98.0 g/mol. The lowest BCUT2D eigenvalue weighted by molar-refractivity contribution is -0.403. The Balaban J connectivity index is 3.26. The van der Waals surface area contributed by atoms with Gasteiger partial charge in [-0.3, -0.25) is 10.1 Å². The van der Waals surface area contributed by atoms with Crippen LogP contribution in [0.1, 0.15) is 0 Å². The predicted molar refractivity (Wildman–Crippen MR) is 23.1 cm³/mol. The molecule has 0 spiro atoms. The molecule has 0 aromatic heterocycles. The monoisotopic (exact) mass is 103 g/mol. The normalized spacial score (nSPS) is 9.29. The van der Waals surface area contributed by atoms with Crippen LogP contribution in [0.5, 0.6) is 0 Å². The van der Waals surface area contributed by atoms with Gasteiger partial charge in [0.2, 0.25) is 0 Å². The molecule has 0 aromatic rings. The van der Waals surface area contributed by atoms with Crippen LogP contribution in [-0.4, -0.2) is 12.0 Å². The Bertz CT molecular complexity index is 88.2. The fourth-order valence-electron chi connectivity index (χ4n) is 0.111. The van der Waals surface area contributed by atoms with E-state index in [1.807, 2.05) is 0 Å². The number of hydrogen-bond donors (Lipinski definition) is 0. The van der Waals surface area contributed by atoms with Crippen LogP contribution in [0, 0.1) is 10.1 Å². The van der Waals surface area contributed by atoms with E-state index in [2.05, 4.69) is 4.74 Å². The van der Waals surface area contributed by atoms with Crippen molar-refractivity contribution in [3.63, 3.8) is 0 Å². The lowest BCUT2D eigenvalue weighted by atomic mass is 11.0. The zero-order chi connectivity index (χ0) is 5.70. The van der Waals surface area contributed by atoms with Gasteiger partial charge in [0, 0.05) is 0 Å². The molecule has 0 saturated carbocycles. The smallest absolute Gasteiger partial charge is 0.268 e. The fraction of sp³-hybridized carbons (Fsp3) is 0.333. The van der Waals surface area contributed by atoms with Gasteiger partial charge in [-0.15, -0.1) is 0 Å². The van der Waals surface area contributed by atoms with Crippen molar-refractivity contribution in [2.75, 3.05) is 7.11 Å². The summed E-state index contributed by atoms with van der Waals surface area (Å²) >= 11 is 0. The van der Waals surface area contributed by atoms with Crippen molar-refractivity contribution in [3.8, 4) is 0 Å². The van der Waals surface area contributed by atoms with E-state index >= 15 is 0 Å². The Morgan fingerprint density at radius 2 is 2.43 bits per heavy atom. The Kier molecular flexibility index (Phi) is 2.67. The molecule has 0 aromatic carbocycles. The Morgan fingerprint density at radius 3 is 2.57 bits per heavy atom. The summed E-state index contributed by atoms with van der Waals surface area (Å²) < 4.78 is 4.23. The first kappa shape index (κ1) is 5.94. The van der Waals surface area contributed by atoms with E-state index < -0.39 is 4.92 Å². The SMILES string of the molecule is COC=C[N+](=O)[O-]. The number of nitro groups is 1. The zero-order valence-corrected chi connectivity index (χ0v) is 3.83. The first-order valence-corrected chi connectivity index (χ1v) is 1.60. The summed E-state index contributed by atoms with van der Waals surface area (Å²) in [6.45, 7) is 0. The molecule has 0 saturated heterocycles. The lowest BCUT2D eigenvalue weighted by Gasteiger charge is -1.78. The third-order valence-corrected chi connectivity index (χ3v) is 0.319. The molecule has 0 radical (unpaired) electrons. The maximum atomic E-state index is 9.40. The van der Waals surface area contributed by atoms with Crippen molar-refractivity contribution >= 4 is 0 Å². The van der Waals surface area contributed by atoms with E-state index in [1.165, 1.54) is 7.11 Å². The average Bonchev–Trinajstić information content (AvgIpc) is 1.61. The van der Waals surface area contributed by atoms with Gasteiger partial charge in [0.15, 0.2) is 6.26 Å². The van der Waals surface area contributed by atoms with Crippen molar-refractivity contribution < 1.29 is 9.66 Å². The largest absolute Gasteiger partial charge is 0.498 e. The predicted octanol–water partition coefficient (Wildman–Crippen LogP) is 0.381. The van der Waals surface area contributed by atoms with E-state index in [0.717, 1.165) is 12.5 Å². The standard InChI is InChI=1S/C3H5NO3/c1-7-3-2-4(5)6/h2-3H,1H3. The number of rotatable bonds is 2. The molecule has 0 heterocycles. The van der Waals surface area contributed by atoms with Crippen LogP contribution >= 0.6 is 0 Å². The molecule has 0 atom stereocenters. The van der Waals surface area contributed by atoms with E-state index in [1.54, 1.807) is 0 Å². The second-order valence-electron chi connectivity index (χ2n) is 0.806. The molecule has 0 bridgehead atoms. The van der Waals surface area contributed by atoms with E-state index in [4.69, 9.17) is 0 Å². The van der Waals surface area contributed by atoms with Gasteiger partial charge in [0.05, 0.1) is 12.0 Å². The maximum absolute atomic E-state index is 9.40. The highest BCUT2D eigenvalue weighted by Gasteiger charge is 1.78. The van der Waals surface area contributed by atoms with Gasteiger partial charge in [-0.05, 0) is 0 Å². The molecule has 0 unspecified atom stereocenters. The summed E-state index contributed by atoms with van der Waals surface area (Å²) in [4.78, 5) is 8.80. The van der Waals surface area contributed by atoms with Crippen molar-refractivity contribution in [1.82, 2.24) is 0 Å². The minimum Gasteiger partial charge on any atom is -0.498 e. The first-order valence-electron chi connectivity index (χ1n) is 1.60. The van der Waals surface area contributed by atoms with Crippen molar-refractivity contribution in [1.29, 1.82) is 0 Å². The maximum Gasteiger partial charge on any atom is 0.268 e. The molecule has 4 nitrogen and oxygen atoms in total.